The number of hydrogen-bond donors (Lipinski definition) is 2. The number of aryl methyl sites for hydroxylation is 1. The van der Waals surface area contributed by atoms with Gasteiger partial charge in [-0.05, 0) is 43.8 Å². The van der Waals surface area contributed by atoms with Crippen LogP contribution in [0.4, 0.5) is 5.69 Å². The molecule has 0 saturated heterocycles. The number of aromatic amines is 1. The van der Waals surface area contributed by atoms with Crippen LogP contribution in [0.5, 0.6) is 0 Å². The summed E-state index contributed by atoms with van der Waals surface area (Å²) in [6.45, 7) is 10.1. The topological polar surface area (TPSA) is 78.2 Å². The number of carbonyl (C=O) groups excluding carboxylic acids is 1. The minimum absolute atomic E-state index is 0.0369. The number of benzene rings is 1. The van der Waals surface area contributed by atoms with E-state index in [9.17, 15) is 4.79 Å². The summed E-state index contributed by atoms with van der Waals surface area (Å²) in [6, 6.07) is 9.45. The van der Waals surface area contributed by atoms with Crippen molar-refractivity contribution < 1.29 is 4.79 Å². The van der Waals surface area contributed by atoms with Gasteiger partial charge in [-0.15, -0.1) is 0 Å². The number of nitrogen functional groups attached to an aromatic ring is 1. The van der Waals surface area contributed by atoms with Gasteiger partial charge in [0.15, 0.2) is 0 Å². The summed E-state index contributed by atoms with van der Waals surface area (Å²) < 4.78 is 0. The number of H-pyrrole nitrogens is 1. The maximum atomic E-state index is 12.8. The molecule has 0 aliphatic rings. The van der Waals surface area contributed by atoms with E-state index in [1.54, 1.807) is 6.07 Å². The molecule has 0 atom stereocenters. The van der Waals surface area contributed by atoms with Crippen LogP contribution in [0, 0.1) is 6.92 Å². The molecule has 24 heavy (non-hydrogen) atoms. The fraction of sp³-hybridized carbons (Fsp3) is 0.444. The van der Waals surface area contributed by atoms with Crippen LogP contribution in [0.1, 0.15) is 35.6 Å². The van der Waals surface area contributed by atoms with Gasteiger partial charge in [0.2, 0.25) is 0 Å². The number of nitrogens with two attached hydrogens (primary N) is 1. The Morgan fingerprint density at radius 2 is 1.96 bits per heavy atom. The lowest BCUT2D eigenvalue weighted by atomic mass is 10.2. The second-order valence-corrected chi connectivity index (χ2v) is 5.92. The molecule has 130 valence electrons. The summed E-state index contributed by atoms with van der Waals surface area (Å²) in [4.78, 5) is 17.0. The fourth-order valence-corrected chi connectivity index (χ4v) is 2.67. The van der Waals surface area contributed by atoms with Crippen LogP contribution >= 0.6 is 0 Å². The molecule has 0 spiro atoms. The Kier molecular flexibility index (Phi) is 6.37. The average Bonchev–Trinajstić information content (AvgIpc) is 3.00. The first-order chi connectivity index (χ1) is 11.5. The molecule has 3 N–H and O–H groups in total. The summed E-state index contributed by atoms with van der Waals surface area (Å²) in [6.07, 6.45) is 0. The highest BCUT2D eigenvalue weighted by atomic mass is 16.2. The average molecular weight is 329 g/mol. The standard InChI is InChI=1S/C18H27N5O/c1-4-22(5-2)9-10-23(13-15-7-6-8-16(19)12-15)18(24)17-11-14(3)20-21-17/h6-8,11-12H,4-5,9-10,13,19H2,1-3H3,(H,20,21). The Balaban J connectivity index is 2.15. The van der Waals surface area contributed by atoms with E-state index in [0.29, 0.717) is 24.5 Å². The van der Waals surface area contributed by atoms with Crippen LogP contribution in [0.3, 0.4) is 0 Å². The highest BCUT2D eigenvalue weighted by Crippen LogP contribution is 2.12. The molecule has 2 aromatic rings. The van der Waals surface area contributed by atoms with Crippen molar-refractivity contribution >= 4 is 11.6 Å². The second-order valence-electron chi connectivity index (χ2n) is 5.92. The van der Waals surface area contributed by atoms with E-state index in [0.717, 1.165) is 30.9 Å². The normalized spacial score (nSPS) is 11.0. The summed E-state index contributed by atoms with van der Waals surface area (Å²) >= 11 is 0. The van der Waals surface area contributed by atoms with E-state index in [1.807, 2.05) is 36.1 Å². The first-order valence-electron chi connectivity index (χ1n) is 8.41. The van der Waals surface area contributed by atoms with Crippen LogP contribution in [0.2, 0.25) is 0 Å². The Bertz CT molecular complexity index is 663. The molecule has 1 aromatic heterocycles. The number of rotatable bonds is 8. The molecule has 0 aliphatic carbocycles. The van der Waals surface area contributed by atoms with Crippen molar-refractivity contribution in [2.24, 2.45) is 0 Å². The van der Waals surface area contributed by atoms with Gasteiger partial charge in [-0.1, -0.05) is 26.0 Å². The smallest absolute Gasteiger partial charge is 0.272 e. The third-order valence-corrected chi connectivity index (χ3v) is 4.13. The van der Waals surface area contributed by atoms with Crippen molar-refractivity contribution in [2.75, 3.05) is 31.9 Å². The molecule has 0 saturated carbocycles. The van der Waals surface area contributed by atoms with Crippen molar-refractivity contribution in [3.8, 4) is 0 Å². The van der Waals surface area contributed by atoms with E-state index in [2.05, 4.69) is 28.9 Å². The van der Waals surface area contributed by atoms with Gasteiger partial charge >= 0.3 is 0 Å². The molecule has 6 heteroatoms. The molecule has 0 aliphatic heterocycles. The summed E-state index contributed by atoms with van der Waals surface area (Å²) in [5.41, 5.74) is 8.93. The van der Waals surface area contributed by atoms with Crippen molar-refractivity contribution in [2.45, 2.75) is 27.3 Å². The molecule has 6 nitrogen and oxygen atoms in total. The minimum atomic E-state index is -0.0369. The predicted octanol–water partition coefficient (Wildman–Crippen LogP) is 2.28. The number of aromatic nitrogens is 2. The molecule has 1 heterocycles. The number of likely N-dealkylation sites (N-methyl/N-ethyl adjacent to an activating group) is 1. The van der Waals surface area contributed by atoms with Gasteiger partial charge in [-0.25, -0.2) is 0 Å². The molecule has 1 amide bonds. The van der Waals surface area contributed by atoms with Gasteiger partial charge in [-0.2, -0.15) is 5.10 Å². The van der Waals surface area contributed by atoms with Crippen LogP contribution in [-0.2, 0) is 6.54 Å². The highest BCUT2D eigenvalue weighted by Gasteiger charge is 2.18. The molecule has 0 radical (unpaired) electrons. The van der Waals surface area contributed by atoms with Crippen LogP contribution in [0.15, 0.2) is 30.3 Å². The molecular weight excluding hydrogens is 302 g/mol. The lowest BCUT2D eigenvalue weighted by molar-refractivity contribution is 0.0718. The van der Waals surface area contributed by atoms with E-state index >= 15 is 0 Å². The molecular formula is C18H27N5O. The van der Waals surface area contributed by atoms with E-state index < -0.39 is 0 Å². The number of nitrogens with zero attached hydrogens (tertiary/aromatic N) is 3. The second kappa shape index (κ2) is 8.49. The zero-order chi connectivity index (χ0) is 17.5. The van der Waals surface area contributed by atoms with Crippen molar-refractivity contribution in [3.63, 3.8) is 0 Å². The summed E-state index contributed by atoms with van der Waals surface area (Å²) in [5.74, 6) is -0.0369. The lowest BCUT2D eigenvalue weighted by Crippen LogP contribution is -2.38. The number of hydrogen-bond acceptors (Lipinski definition) is 4. The predicted molar refractivity (Wildman–Crippen MR) is 96.7 cm³/mol. The summed E-state index contributed by atoms with van der Waals surface area (Å²) in [5, 5.41) is 6.88. The SMILES string of the molecule is CCN(CC)CCN(Cc1cccc(N)c1)C(=O)c1cc(C)n[nH]1. The summed E-state index contributed by atoms with van der Waals surface area (Å²) in [7, 11) is 0. The zero-order valence-corrected chi connectivity index (χ0v) is 14.7. The Morgan fingerprint density at radius 3 is 2.54 bits per heavy atom. The van der Waals surface area contributed by atoms with E-state index in [-0.39, 0.29) is 5.91 Å². The molecule has 0 fully saturated rings. The van der Waals surface area contributed by atoms with Gasteiger partial charge in [0.25, 0.3) is 5.91 Å². The van der Waals surface area contributed by atoms with Crippen molar-refractivity contribution in [1.82, 2.24) is 20.0 Å². The third-order valence-electron chi connectivity index (χ3n) is 4.13. The largest absolute Gasteiger partial charge is 0.399 e. The maximum Gasteiger partial charge on any atom is 0.272 e. The fourth-order valence-electron chi connectivity index (χ4n) is 2.67. The third kappa shape index (κ3) is 4.83. The Morgan fingerprint density at radius 1 is 1.21 bits per heavy atom. The zero-order valence-electron chi connectivity index (χ0n) is 14.7. The van der Waals surface area contributed by atoms with Crippen molar-refractivity contribution in [3.05, 3.63) is 47.3 Å². The molecule has 1 aromatic carbocycles. The van der Waals surface area contributed by atoms with Gasteiger partial charge in [-0.3, -0.25) is 9.89 Å². The van der Waals surface area contributed by atoms with Gasteiger partial charge in [0.1, 0.15) is 5.69 Å². The van der Waals surface area contributed by atoms with Gasteiger partial charge in [0.05, 0.1) is 5.69 Å². The Hall–Kier alpha value is -2.34. The van der Waals surface area contributed by atoms with E-state index in [4.69, 9.17) is 5.73 Å². The molecule has 2 rings (SSSR count). The first-order valence-corrected chi connectivity index (χ1v) is 8.41. The van der Waals surface area contributed by atoms with Gasteiger partial charge < -0.3 is 15.5 Å². The van der Waals surface area contributed by atoms with Crippen molar-refractivity contribution in [1.29, 1.82) is 0 Å². The van der Waals surface area contributed by atoms with Gasteiger partial charge in [0, 0.05) is 25.3 Å². The van der Waals surface area contributed by atoms with Crippen LogP contribution in [0.25, 0.3) is 0 Å². The van der Waals surface area contributed by atoms with Crippen LogP contribution in [-0.4, -0.2) is 52.1 Å². The minimum Gasteiger partial charge on any atom is -0.399 e. The number of anilines is 1. The maximum absolute atomic E-state index is 12.8. The molecule has 0 unspecified atom stereocenters. The monoisotopic (exact) mass is 329 g/mol. The highest BCUT2D eigenvalue weighted by molar-refractivity contribution is 5.92. The Labute approximate surface area is 143 Å². The quantitative estimate of drug-likeness (QED) is 0.728. The number of carbonyl (C=O) groups is 1. The number of nitrogens with one attached hydrogen (secondary N) is 1. The lowest BCUT2D eigenvalue weighted by Gasteiger charge is -2.26. The van der Waals surface area contributed by atoms with Crippen LogP contribution < -0.4 is 5.73 Å². The first kappa shape index (κ1) is 18.0. The van der Waals surface area contributed by atoms with E-state index in [1.165, 1.54) is 0 Å². The number of amides is 1. The molecule has 0 bridgehead atoms.